The van der Waals surface area contributed by atoms with Crippen molar-refractivity contribution in [2.45, 2.75) is 26.2 Å². The van der Waals surface area contributed by atoms with E-state index in [2.05, 4.69) is 53.1 Å². The highest BCUT2D eigenvalue weighted by Crippen LogP contribution is 2.26. The SMILES string of the molecule is CC(C)(C)c1nc2cc(F)ccc2c2nccn12.S=S=S=S=S=S=S=S=S. The molecule has 0 spiro atoms. The largest absolute Gasteiger partial charge is 0.287 e. The van der Waals surface area contributed by atoms with Crippen molar-refractivity contribution in [3.63, 3.8) is 0 Å². The van der Waals surface area contributed by atoms with E-state index in [9.17, 15) is 4.39 Å². The van der Waals surface area contributed by atoms with Crippen LogP contribution in [-0.2, 0) is 90.0 Å². The van der Waals surface area contributed by atoms with E-state index in [0.717, 1.165) is 16.9 Å². The van der Waals surface area contributed by atoms with Crippen LogP contribution >= 0.6 is 0 Å². The molecule has 0 aliphatic rings. The average molecular weight is 532 g/mol. The van der Waals surface area contributed by atoms with Gasteiger partial charge in [0.1, 0.15) is 17.3 Å². The number of halogens is 1. The predicted molar refractivity (Wildman–Crippen MR) is 135 cm³/mol. The summed E-state index contributed by atoms with van der Waals surface area (Å²) in [6.07, 6.45) is 3.64. The Morgan fingerprint density at radius 3 is 2.22 bits per heavy atom. The Bertz CT molecular complexity index is 1240. The summed E-state index contributed by atoms with van der Waals surface area (Å²) < 4.78 is 15.3. The molecule has 0 unspecified atom stereocenters. The molecule has 0 bridgehead atoms. The summed E-state index contributed by atoms with van der Waals surface area (Å²) in [6.45, 7) is 6.25. The predicted octanol–water partition coefficient (Wildman–Crippen LogP) is 3.30. The summed E-state index contributed by atoms with van der Waals surface area (Å²) in [7, 11) is 10.9. The second kappa shape index (κ2) is 11.3. The van der Waals surface area contributed by atoms with Crippen LogP contribution in [-0.4, -0.2) is 14.4 Å². The smallest absolute Gasteiger partial charge is 0.147 e. The molecule has 3 aromatic rings. The van der Waals surface area contributed by atoms with Gasteiger partial charge < -0.3 is 0 Å². The third-order valence-electron chi connectivity index (χ3n) is 3.13. The molecule has 0 N–H and O–H groups in total. The first-order valence-electron chi connectivity index (χ1n) is 7.23. The standard InChI is InChI=1S/C14H14FN3.S9/c1-14(2,3)13-17-11-8-9(15)4-5-10(11)12-16-6-7-18(12)13;1-3-5-7-9-8-6-4-2/h4-8H,1-3H3;. The molecule has 3 nitrogen and oxygen atoms in total. The molecule has 2 aromatic heterocycles. The minimum absolute atomic E-state index is 0.126. The fourth-order valence-electron chi connectivity index (χ4n) is 2.21. The van der Waals surface area contributed by atoms with Crippen LogP contribution in [0.1, 0.15) is 26.6 Å². The summed E-state index contributed by atoms with van der Waals surface area (Å²) in [6, 6.07) is 4.63. The summed E-state index contributed by atoms with van der Waals surface area (Å²) in [5, 5.41) is 0.870. The van der Waals surface area contributed by atoms with Crippen molar-refractivity contribution < 1.29 is 4.39 Å². The third kappa shape index (κ3) is 6.78. The second-order valence-electron chi connectivity index (χ2n) is 5.94. The lowest BCUT2D eigenvalue weighted by molar-refractivity contribution is 0.539. The maximum Gasteiger partial charge on any atom is 0.147 e. The maximum absolute atomic E-state index is 13.3. The van der Waals surface area contributed by atoms with Crippen LogP contribution in [0.4, 0.5) is 4.39 Å². The van der Waals surface area contributed by atoms with Gasteiger partial charge in [0.05, 0.1) is 5.52 Å². The zero-order valence-electron chi connectivity index (χ0n) is 14.3. The van der Waals surface area contributed by atoms with Crippen molar-refractivity contribution in [2.24, 2.45) is 0 Å². The van der Waals surface area contributed by atoms with E-state index < -0.39 is 0 Å². The number of aromatic nitrogens is 3. The van der Waals surface area contributed by atoms with Gasteiger partial charge in [0.15, 0.2) is 0 Å². The van der Waals surface area contributed by atoms with Gasteiger partial charge in [0.2, 0.25) is 0 Å². The molecule has 1 aromatic carbocycles. The monoisotopic (exact) mass is 531 g/mol. The molecule has 0 amide bonds. The van der Waals surface area contributed by atoms with Crippen LogP contribution in [0.15, 0.2) is 30.6 Å². The van der Waals surface area contributed by atoms with Gasteiger partial charge in [-0.15, -0.1) is 0 Å². The molecule has 0 fully saturated rings. The number of hydrogen-bond donors (Lipinski definition) is 0. The van der Waals surface area contributed by atoms with E-state index in [-0.39, 0.29) is 11.2 Å². The highest BCUT2D eigenvalue weighted by atomic mass is 33.4. The van der Waals surface area contributed by atoms with Gasteiger partial charge in [0.25, 0.3) is 0 Å². The van der Waals surface area contributed by atoms with Crippen LogP contribution in [0.3, 0.4) is 0 Å². The first kappa shape index (κ1) is 23.3. The highest BCUT2D eigenvalue weighted by molar-refractivity contribution is 8.72. The van der Waals surface area contributed by atoms with Gasteiger partial charge in [-0.25, -0.2) is 14.4 Å². The van der Waals surface area contributed by atoms with Crippen LogP contribution < -0.4 is 0 Å². The molecule has 27 heavy (non-hydrogen) atoms. The van der Waals surface area contributed by atoms with Crippen molar-refractivity contribution >= 4 is 101 Å². The fourth-order valence-corrected chi connectivity index (χ4v) is 15.9. The Balaban J connectivity index is 0.000000249. The summed E-state index contributed by atoms with van der Waals surface area (Å²) in [5.74, 6) is 0.610. The van der Waals surface area contributed by atoms with E-state index in [1.54, 1.807) is 56.7 Å². The minimum Gasteiger partial charge on any atom is -0.287 e. The number of rotatable bonds is 0. The average Bonchev–Trinajstić information content (AvgIpc) is 3.10. The van der Waals surface area contributed by atoms with Crippen molar-refractivity contribution in [1.29, 1.82) is 0 Å². The molecule has 0 radical (unpaired) electrons. The summed E-state index contributed by atoms with van der Waals surface area (Å²) in [4.78, 5) is 8.94. The van der Waals surface area contributed by atoms with Gasteiger partial charge in [-0.05, 0) is 12.1 Å². The second-order valence-corrected chi connectivity index (χ2v) is 18.3. The molecular formula is C14H14FN3S9. The first-order chi connectivity index (χ1) is 12.9. The van der Waals surface area contributed by atoms with E-state index >= 15 is 0 Å². The van der Waals surface area contributed by atoms with Crippen LogP contribution in [0.25, 0.3) is 16.6 Å². The lowest BCUT2D eigenvalue weighted by Crippen LogP contribution is -2.18. The number of benzene rings is 1. The quantitative estimate of drug-likeness (QED) is 0.445. The Morgan fingerprint density at radius 1 is 1.00 bits per heavy atom. The molecule has 13 heteroatoms. The first-order valence-corrected chi connectivity index (χ1v) is 17.9. The number of hydrogen-bond acceptors (Lipinski definition) is 4. The lowest BCUT2D eigenvalue weighted by atomic mass is 9.95. The van der Waals surface area contributed by atoms with E-state index in [0.29, 0.717) is 5.52 Å². The zero-order chi connectivity index (χ0) is 19.9. The Hall–Kier alpha value is 0.01000. The van der Waals surface area contributed by atoms with E-state index in [1.807, 2.05) is 10.6 Å². The number of fused-ring (bicyclic) bond motifs is 3. The third-order valence-corrected chi connectivity index (χ3v) is 16.5. The van der Waals surface area contributed by atoms with Gasteiger partial charge in [-0.2, -0.15) is 0 Å². The molecule has 2 heterocycles. The van der Waals surface area contributed by atoms with Crippen molar-refractivity contribution in [3.05, 3.63) is 42.2 Å². The van der Waals surface area contributed by atoms with Crippen LogP contribution in [0.5, 0.6) is 0 Å². The van der Waals surface area contributed by atoms with Crippen LogP contribution in [0, 0.1) is 5.82 Å². The van der Waals surface area contributed by atoms with Crippen LogP contribution in [0.2, 0.25) is 0 Å². The summed E-state index contributed by atoms with van der Waals surface area (Å²) in [5.41, 5.74) is 1.35. The van der Waals surface area contributed by atoms with Crippen molar-refractivity contribution in [2.75, 3.05) is 0 Å². The summed E-state index contributed by atoms with van der Waals surface area (Å²) >= 11 is 9.27. The maximum atomic E-state index is 13.3. The zero-order valence-corrected chi connectivity index (χ0v) is 21.6. The molecular weight excluding hydrogens is 518 g/mol. The normalized spacial score (nSPS) is 10.5. The highest BCUT2D eigenvalue weighted by Gasteiger charge is 2.21. The number of imidazole rings is 1. The fraction of sp³-hybridized carbons (Fsp3) is 0.286. The molecule has 0 saturated heterocycles. The van der Waals surface area contributed by atoms with Gasteiger partial charge >= 0.3 is 0 Å². The molecule has 0 aliphatic carbocycles. The van der Waals surface area contributed by atoms with E-state index in [1.165, 1.54) is 29.9 Å². The molecule has 0 atom stereocenters. The van der Waals surface area contributed by atoms with Gasteiger partial charge in [-0.3, -0.25) is 4.40 Å². The lowest BCUT2D eigenvalue weighted by Gasteiger charge is -2.20. The Kier molecular flexibility index (Phi) is 9.71. The van der Waals surface area contributed by atoms with Gasteiger partial charge in [-0.1, -0.05) is 20.8 Å². The number of nitrogens with zero attached hydrogens (tertiary/aromatic N) is 3. The van der Waals surface area contributed by atoms with Crippen molar-refractivity contribution in [3.8, 4) is 0 Å². The Labute approximate surface area is 186 Å². The molecule has 3 rings (SSSR count). The minimum atomic E-state index is -0.272. The molecule has 0 aliphatic heterocycles. The Morgan fingerprint density at radius 2 is 1.63 bits per heavy atom. The van der Waals surface area contributed by atoms with Gasteiger partial charge in [0, 0.05) is 114 Å². The molecule has 146 valence electrons. The molecule has 0 saturated carbocycles. The van der Waals surface area contributed by atoms with E-state index in [4.69, 9.17) is 0 Å². The van der Waals surface area contributed by atoms with Crippen molar-refractivity contribution in [1.82, 2.24) is 14.4 Å². The topological polar surface area (TPSA) is 30.2 Å².